The smallest absolute Gasteiger partial charge is 0.346 e. The van der Waals surface area contributed by atoms with Crippen LogP contribution in [0, 0.1) is 34.8 Å². The van der Waals surface area contributed by atoms with Crippen molar-refractivity contribution in [3.8, 4) is 11.8 Å². The highest BCUT2D eigenvalue weighted by atomic mass is 19.1. The largest absolute Gasteiger partial charge is 0.423 e. The van der Waals surface area contributed by atoms with Gasteiger partial charge in [-0.25, -0.2) is 13.6 Å². The molecule has 146 valence electrons. The number of nitrogens with zero attached hydrogens (tertiary/aromatic N) is 1. The van der Waals surface area contributed by atoms with Crippen molar-refractivity contribution in [2.75, 3.05) is 0 Å². The number of esters is 1. The molecule has 0 unspecified atom stereocenters. The first-order valence-electron chi connectivity index (χ1n) is 9.66. The third-order valence-corrected chi connectivity index (χ3v) is 5.50. The molecule has 1 aliphatic carbocycles. The number of hydrogen-bond donors (Lipinski definition) is 0. The highest BCUT2D eigenvalue weighted by molar-refractivity contribution is 5.91. The van der Waals surface area contributed by atoms with Gasteiger partial charge in [0.1, 0.15) is 23.5 Å². The summed E-state index contributed by atoms with van der Waals surface area (Å²) in [6.07, 6.45) is 6.80. The molecule has 0 spiro atoms. The summed E-state index contributed by atoms with van der Waals surface area (Å²) in [4.78, 5) is 12.2. The van der Waals surface area contributed by atoms with Gasteiger partial charge in [-0.1, -0.05) is 38.7 Å². The fourth-order valence-corrected chi connectivity index (χ4v) is 3.68. The van der Waals surface area contributed by atoms with Gasteiger partial charge in [0, 0.05) is 6.07 Å². The van der Waals surface area contributed by atoms with Crippen LogP contribution in [-0.4, -0.2) is 5.97 Å². The molecule has 5 heteroatoms. The number of benzene rings is 2. The van der Waals surface area contributed by atoms with Crippen molar-refractivity contribution in [1.82, 2.24) is 0 Å². The minimum atomic E-state index is -0.894. The van der Waals surface area contributed by atoms with Gasteiger partial charge >= 0.3 is 5.97 Å². The highest BCUT2D eigenvalue weighted by Crippen LogP contribution is 2.31. The van der Waals surface area contributed by atoms with Crippen LogP contribution in [0.2, 0.25) is 0 Å². The molecule has 0 radical (unpaired) electrons. The van der Waals surface area contributed by atoms with Gasteiger partial charge < -0.3 is 4.74 Å². The van der Waals surface area contributed by atoms with Gasteiger partial charge in [0.2, 0.25) is 0 Å². The second-order valence-corrected chi connectivity index (χ2v) is 7.62. The Morgan fingerprint density at radius 3 is 2.50 bits per heavy atom. The Balaban J connectivity index is 1.61. The van der Waals surface area contributed by atoms with E-state index in [0.29, 0.717) is 5.92 Å². The Kier molecular flexibility index (Phi) is 6.41. The maximum Gasteiger partial charge on any atom is 0.346 e. The molecule has 0 aliphatic heterocycles. The lowest BCUT2D eigenvalue weighted by Crippen LogP contribution is -2.13. The van der Waals surface area contributed by atoms with Gasteiger partial charge in [0.25, 0.3) is 0 Å². The second kappa shape index (κ2) is 8.97. The molecular formula is C23H23F2NO2. The first-order chi connectivity index (χ1) is 13.5. The number of ether oxygens (including phenoxy) is 1. The van der Waals surface area contributed by atoms with Crippen LogP contribution in [0.4, 0.5) is 8.78 Å². The third-order valence-electron chi connectivity index (χ3n) is 5.50. The Hall–Kier alpha value is -2.74. The fraction of sp³-hybridized carbons (Fsp3) is 0.391. The Morgan fingerprint density at radius 2 is 1.86 bits per heavy atom. The maximum atomic E-state index is 14.4. The van der Waals surface area contributed by atoms with E-state index in [4.69, 9.17) is 10.00 Å². The molecule has 2 aromatic carbocycles. The molecule has 0 aromatic heterocycles. The SMILES string of the molecule is C[C@H]1CC[C@H](CCc2ccc(C(=O)Oc3ccc(C#N)c(F)c3)c(F)c2)CC1. The molecule has 0 N–H and O–H groups in total. The van der Waals surface area contributed by atoms with Gasteiger partial charge in [-0.3, -0.25) is 0 Å². The van der Waals surface area contributed by atoms with E-state index in [1.165, 1.54) is 49.9 Å². The molecule has 0 amide bonds. The topological polar surface area (TPSA) is 50.1 Å². The normalized spacial score (nSPS) is 19.1. The minimum Gasteiger partial charge on any atom is -0.423 e. The number of carbonyl (C=O) groups is 1. The molecule has 2 aromatic rings. The number of hydrogen-bond acceptors (Lipinski definition) is 3. The number of carbonyl (C=O) groups excluding carboxylic acids is 1. The molecular weight excluding hydrogens is 360 g/mol. The van der Waals surface area contributed by atoms with E-state index in [-0.39, 0.29) is 16.9 Å². The summed E-state index contributed by atoms with van der Waals surface area (Å²) < 4.78 is 33.0. The molecule has 0 saturated heterocycles. The minimum absolute atomic E-state index is 0.0727. The fourth-order valence-electron chi connectivity index (χ4n) is 3.68. The Labute approximate surface area is 163 Å². The Morgan fingerprint density at radius 1 is 1.11 bits per heavy atom. The predicted molar refractivity (Wildman–Crippen MR) is 102 cm³/mol. The average Bonchev–Trinajstić information content (AvgIpc) is 2.67. The van der Waals surface area contributed by atoms with Crippen molar-refractivity contribution < 1.29 is 18.3 Å². The third kappa shape index (κ3) is 4.95. The van der Waals surface area contributed by atoms with Gasteiger partial charge in [-0.15, -0.1) is 0 Å². The van der Waals surface area contributed by atoms with Crippen LogP contribution < -0.4 is 4.74 Å². The summed E-state index contributed by atoms with van der Waals surface area (Å²) in [7, 11) is 0. The monoisotopic (exact) mass is 383 g/mol. The second-order valence-electron chi connectivity index (χ2n) is 7.62. The lowest BCUT2D eigenvalue weighted by molar-refractivity contribution is 0.0729. The lowest BCUT2D eigenvalue weighted by Gasteiger charge is -2.26. The van der Waals surface area contributed by atoms with E-state index in [0.717, 1.165) is 30.4 Å². The summed E-state index contributed by atoms with van der Waals surface area (Å²) in [5.74, 6) is -0.903. The van der Waals surface area contributed by atoms with Crippen LogP contribution >= 0.6 is 0 Å². The van der Waals surface area contributed by atoms with Crippen LogP contribution in [0.3, 0.4) is 0 Å². The standard InChI is InChI=1S/C23H23F2NO2/c1-15-2-4-16(5-3-15)6-7-17-8-11-20(22(25)12-17)23(27)28-19-10-9-18(14-26)21(24)13-19/h8-13,15-16H,2-7H2,1H3/t15-,16-. The van der Waals surface area contributed by atoms with Crippen LogP contribution in [0.15, 0.2) is 36.4 Å². The summed E-state index contributed by atoms with van der Waals surface area (Å²) >= 11 is 0. The molecule has 0 atom stereocenters. The molecule has 28 heavy (non-hydrogen) atoms. The van der Waals surface area contributed by atoms with Gasteiger partial charge in [0.05, 0.1) is 11.1 Å². The molecule has 0 bridgehead atoms. The van der Waals surface area contributed by atoms with Crippen molar-refractivity contribution in [3.05, 3.63) is 64.7 Å². The number of rotatable bonds is 5. The van der Waals surface area contributed by atoms with E-state index in [9.17, 15) is 13.6 Å². The van der Waals surface area contributed by atoms with Gasteiger partial charge in [-0.2, -0.15) is 5.26 Å². The molecule has 1 aliphatic rings. The highest BCUT2D eigenvalue weighted by Gasteiger charge is 2.19. The van der Waals surface area contributed by atoms with Crippen LogP contribution in [0.25, 0.3) is 0 Å². The number of aryl methyl sites for hydroxylation is 1. The van der Waals surface area contributed by atoms with Crippen LogP contribution in [0.5, 0.6) is 5.75 Å². The van der Waals surface area contributed by atoms with E-state index < -0.39 is 17.6 Å². The lowest BCUT2D eigenvalue weighted by atomic mass is 9.80. The van der Waals surface area contributed by atoms with E-state index in [1.54, 1.807) is 12.1 Å². The van der Waals surface area contributed by atoms with Crippen molar-refractivity contribution in [2.24, 2.45) is 11.8 Å². The first-order valence-corrected chi connectivity index (χ1v) is 9.66. The van der Waals surface area contributed by atoms with Crippen LogP contribution in [0.1, 0.15) is 60.5 Å². The molecule has 0 heterocycles. The van der Waals surface area contributed by atoms with Crippen molar-refractivity contribution in [3.63, 3.8) is 0 Å². The average molecular weight is 383 g/mol. The zero-order valence-corrected chi connectivity index (χ0v) is 15.9. The summed E-state index contributed by atoms with van der Waals surface area (Å²) in [6, 6.07) is 9.67. The molecule has 1 saturated carbocycles. The van der Waals surface area contributed by atoms with E-state index in [1.807, 2.05) is 0 Å². The van der Waals surface area contributed by atoms with E-state index in [2.05, 4.69) is 6.92 Å². The summed E-state index contributed by atoms with van der Waals surface area (Å²) in [6.45, 7) is 2.29. The predicted octanol–water partition coefficient (Wildman–Crippen LogP) is 5.81. The summed E-state index contributed by atoms with van der Waals surface area (Å²) in [5.41, 5.74) is 0.514. The maximum absolute atomic E-state index is 14.4. The summed E-state index contributed by atoms with van der Waals surface area (Å²) in [5, 5.41) is 8.72. The number of halogens is 2. The van der Waals surface area contributed by atoms with Crippen molar-refractivity contribution in [1.29, 1.82) is 5.26 Å². The van der Waals surface area contributed by atoms with Crippen LogP contribution in [-0.2, 0) is 6.42 Å². The van der Waals surface area contributed by atoms with Gasteiger partial charge in [-0.05, 0) is 54.5 Å². The van der Waals surface area contributed by atoms with Gasteiger partial charge in [0.15, 0.2) is 0 Å². The van der Waals surface area contributed by atoms with E-state index >= 15 is 0 Å². The molecule has 3 rings (SSSR count). The first kappa shape index (κ1) is 20.0. The van der Waals surface area contributed by atoms with Crippen molar-refractivity contribution >= 4 is 5.97 Å². The Bertz CT molecular complexity index is 896. The zero-order valence-electron chi connectivity index (χ0n) is 15.9. The molecule has 3 nitrogen and oxygen atoms in total. The molecule has 1 fully saturated rings. The quantitative estimate of drug-likeness (QED) is 0.483. The van der Waals surface area contributed by atoms with Crippen molar-refractivity contribution in [2.45, 2.75) is 45.4 Å². The number of nitriles is 1. The zero-order chi connectivity index (χ0) is 20.1.